The Kier molecular flexibility index (Phi) is 6.58. The van der Waals surface area contributed by atoms with E-state index in [-0.39, 0.29) is 12.5 Å². The van der Waals surface area contributed by atoms with E-state index in [4.69, 9.17) is 5.11 Å². The van der Waals surface area contributed by atoms with Gasteiger partial charge in [-0.2, -0.15) is 0 Å². The first-order valence-electron chi connectivity index (χ1n) is 7.41. The molecule has 0 spiro atoms. The number of carbonyl (C=O) groups excluding carboxylic acids is 1. The Balaban J connectivity index is 1.88. The number of halogens is 1. The zero-order valence-electron chi connectivity index (χ0n) is 12.3. The molecule has 1 aliphatic heterocycles. The third-order valence-corrected chi connectivity index (χ3v) is 5.53. The number of thioether (sulfide) groups is 1. The number of carbonyl (C=O) groups is 1. The summed E-state index contributed by atoms with van der Waals surface area (Å²) in [5.41, 5.74) is 1.19. The van der Waals surface area contributed by atoms with Gasteiger partial charge in [-0.1, -0.05) is 15.9 Å². The second-order valence-corrected chi connectivity index (χ2v) is 7.38. The van der Waals surface area contributed by atoms with E-state index in [1.807, 2.05) is 11.0 Å². The molecule has 21 heavy (non-hydrogen) atoms. The summed E-state index contributed by atoms with van der Waals surface area (Å²) in [5.74, 6) is 0.723. The van der Waals surface area contributed by atoms with Crippen molar-refractivity contribution in [1.29, 1.82) is 0 Å². The first-order valence-corrected chi connectivity index (χ1v) is 9.19. The second-order valence-electron chi connectivity index (χ2n) is 5.45. The maximum atomic E-state index is 12.4. The van der Waals surface area contributed by atoms with Crippen molar-refractivity contribution in [2.75, 3.05) is 18.9 Å². The van der Waals surface area contributed by atoms with Crippen molar-refractivity contribution in [2.45, 2.75) is 43.5 Å². The van der Waals surface area contributed by atoms with Gasteiger partial charge < -0.3 is 10.0 Å². The van der Waals surface area contributed by atoms with Gasteiger partial charge in [0.25, 0.3) is 0 Å². The van der Waals surface area contributed by atoms with Crippen LogP contribution in [0.25, 0.3) is 0 Å². The molecule has 1 amide bonds. The Morgan fingerprint density at radius 2 is 2.33 bits per heavy atom. The summed E-state index contributed by atoms with van der Waals surface area (Å²) < 4.78 is 1.07. The fraction of sp³-hybridized carbons (Fsp3) is 0.562. The van der Waals surface area contributed by atoms with E-state index in [0.29, 0.717) is 11.8 Å². The summed E-state index contributed by atoms with van der Waals surface area (Å²) in [7, 11) is 0. The second kappa shape index (κ2) is 8.20. The molecule has 0 aromatic heterocycles. The molecule has 1 unspecified atom stereocenters. The Morgan fingerprint density at radius 3 is 3.05 bits per heavy atom. The molecule has 2 rings (SSSR count). The molecule has 1 aromatic rings. The van der Waals surface area contributed by atoms with E-state index in [1.54, 1.807) is 11.8 Å². The molecule has 116 valence electrons. The van der Waals surface area contributed by atoms with Crippen LogP contribution in [0.4, 0.5) is 0 Å². The minimum Gasteiger partial charge on any atom is -0.396 e. The van der Waals surface area contributed by atoms with Gasteiger partial charge in [-0.3, -0.25) is 4.79 Å². The zero-order chi connectivity index (χ0) is 15.2. The van der Waals surface area contributed by atoms with Crippen molar-refractivity contribution in [3.63, 3.8) is 0 Å². The summed E-state index contributed by atoms with van der Waals surface area (Å²) in [4.78, 5) is 15.6. The zero-order valence-corrected chi connectivity index (χ0v) is 14.8. The van der Waals surface area contributed by atoms with Crippen LogP contribution in [0.5, 0.6) is 0 Å². The van der Waals surface area contributed by atoms with Crippen LogP contribution in [-0.4, -0.2) is 40.9 Å². The summed E-state index contributed by atoms with van der Waals surface area (Å²) in [6.45, 7) is 3.15. The normalized spacial score (nSPS) is 18.2. The average molecular weight is 372 g/mol. The number of aliphatic hydroxyl groups excluding tert-OH is 1. The van der Waals surface area contributed by atoms with Gasteiger partial charge in [0.1, 0.15) is 0 Å². The first kappa shape index (κ1) is 16.8. The molecular formula is C16H22BrNO2S. The number of benzene rings is 1. The number of likely N-dealkylation sites (tertiary alicyclic amines) is 1. The summed E-state index contributed by atoms with van der Waals surface area (Å²) in [6.07, 6.45) is 3.87. The van der Waals surface area contributed by atoms with E-state index in [1.165, 1.54) is 5.56 Å². The van der Waals surface area contributed by atoms with Gasteiger partial charge in [-0.15, -0.1) is 11.8 Å². The summed E-state index contributed by atoms with van der Waals surface area (Å²) in [5, 5.41) is 8.95. The fourth-order valence-corrected chi connectivity index (χ4v) is 4.16. The predicted octanol–water partition coefficient (Wildman–Crippen LogP) is 3.61. The van der Waals surface area contributed by atoms with E-state index < -0.39 is 0 Å². The van der Waals surface area contributed by atoms with Crippen LogP contribution in [0.2, 0.25) is 0 Å². The van der Waals surface area contributed by atoms with Crippen LogP contribution in [0, 0.1) is 6.92 Å². The van der Waals surface area contributed by atoms with Crippen molar-refractivity contribution in [3.05, 3.63) is 28.2 Å². The fourth-order valence-electron chi connectivity index (χ4n) is 2.79. The van der Waals surface area contributed by atoms with Gasteiger partial charge in [-0.25, -0.2) is 0 Å². The average Bonchev–Trinajstić information content (AvgIpc) is 2.92. The van der Waals surface area contributed by atoms with Crippen LogP contribution in [0.1, 0.15) is 31.2 Å². The predicted molar refractivity (Wildman–Crippen MR) is 90.7 cm³/mol. The maximum Gasteiger partial charge on any atom is 0.233 e. The number of hydrogen-bond donors (Lipinski definition) is 1. The largest absolute Gasteiger partial charge is 0.396 e. The third kappa shape index (κ3) is 4.73. The molecule has 0 bridgehead atoms. The lowest BCUT2D eigenvalue weighted by Gasteiger charge is -2.24. The van der Waals surface area contributed by atoms with E-state index in [9.17, 15) is 4.79 Å². The molecule has 1 heterocycles. The Bertz CT molecular complexity index is 495. The number of rotatable bonds is 6. The monoisotopic (exact) mass is 371 g/mol. The topological polar surface area (TPSA) is 40.5 Å². The molecule has 0 radical (unpaired) electrons. The Labute approximate surface area is 139 Å². The molecular weight excluding hydrogens is 350 g/mol. The summed E-state index contributed by atoms with van der Waals surface area (Å²) in [6, 6.07) is 6.48. The lowest BCUT2D eigenvalue weighted by atomic mass is 10.1. The van der Waals surface area contributed by atoms with Gasteiger partial charge in [0.15, 0.2) is 0 Å². The van der Waals surface area contributed by atoms with Crippen molar-refractivity contribution in [2.24, 2.45) is 0 Å². The molecule has 1 aromatic carbocycles. The van der Waals surface area contributed by atoms with Gasteiger partial charge >= 0.3 is 0 Å². The van der Waals surface area contributed by atoms with E-state index in [2.05, 4.69) is 35.0 Å². The van der Waals surface area contributed by atoms with Crippen molar-refractivity contribution < 1.29 is 9.90 Å². The molecule has 1 saturated heterocycles. The molecule has 3 nitrogen and oxygen atoms in total. The van der Waals surface area contributed by atoms with E-state index in [0.717, 1.165) is 41.6 Å². The lowest BCUT2D eigenvalue weighted by molar-refractivity contribution is -0.129. The highest BCUT2D eigenvalue weighted by atomic mass is 79.9. The highest BCUT2D eigenvalue weighted by molar-refractivity contribution is 9.10. The maximum absolute atomic E-state index is 12.4. The van der Waals surface area contributed by atoms with Gasteiger partial charge in [-0.05, 0) is 56.4 Å². The summed E-state index contributed by atoms with van der Waals surface area (Å²) >= 11 is 5.07. The van der Waals surface area contributed by atoms with Crippen LogP contribution in [0.3, 0.4) is 0 Å². The number of amides is 1. The minimum absolute atomic E-state index is 0.214. The van der Waals surface area contributed by atoms with Gasteiger partial charge in [0, 0.05) is 28.6 Å². The number of hydrogen-bond acceptors (Lipinski definition) is 3. The molecule has 0 saturated carbocycles. The highest BCUT2D eigenvalue weighted by Crippen LogP contribution is 2.27. The first-order chi connectivity index (χ1) is 10.1. The molecule has 1 aliphatic rings. The third-order valence-electron chi connectivity index (χ3n) is 3.88. The molecule has 0 aliphatic carbocycles. The molecule has 1 N–H and O–H groups in total. The standard InChI is InChI=1S/C16H22BrNO2S/c1-12-10-13(17)6-7-15(12)21-11-16(20)18-8-2-4-14(18)5-3-9-19/h6-7,10,14,19H,2-5,8-9,11H2,1H3. The van der Waals surface area contributed by atoms with Gasteiger partial charge in [0.05, 0.1) is 5.75 Å². The molecule has 1 atom stereocenters. The number of aliphatic hydroxyl groups is 1. The van der Waals surface area contributed by atoms with Crippen LogP contribution in [0.15, 0.2) is 27.6 Å². The van der Waals surface area contributed by atoms with Crippen molar-refractivity contribution in [3.8, 4) is 0 Å². The quantitative estimate of drug-likeness (QED) is 0.776. The highest BCUT2D eigenvalue weighted by Gasteiger charge is 2.27. The Morgan fingerprint density at radius 1 is 1.52 bits per heavy atom. The number of aryl methyl sites for hydroxylation is 1. The van der Waals surface area contributed by atoms with Crippen molar-refractivity contribution >= 4 is 33.6 Å². The number of nitrogens with zero attached hydrogens (tertiary/aromatic N) is 1. The van der Waals surface area contributed by atoms with Crippen LogP contribution < -0.4 is 0 Å². The molecule has 5 heteroatoms. The Hall–Kier alpha value is -0.520. The van der Waals surface area contributed by atoms with Gasteiger partial charge in [0.2, 0.25) is 5.91 Å². The van der Waals surface area contributed by atoms with Crippen LogP contribution in [-0.2, 0) is 4.79 Å². The van der Waals surface area contributed by atoms with Crippen LogP contribution >= 0.6 is 27.7 Å². The van der Waals surface area contributed by atoms with E-state index >= 15 is 0 Å². The minimum atomic E-state index is 0.214. The van der Waals surface area contributed by atoms with Crippen molar-refractivity contribution in [1.82, 2.24) is 4.90 Å². The smallest absolute Gasteiger partial charge is 0.233 e. The lowest BCUT2D eigenvalue weighted by Crippen LogP contribution is -2.36. The SMILES string of the molecule is Cc1cc(Br)ccc1SCC(=O)N1CCCC1CCCO. The molecule has 1 fully saturated rings.